The average Bonchev–Trinajstić information content (AvgIpc) is 2.87. The minimum Gasteiger partial charge on any atom is -0.444 e. The second-order valence-corrected chi connectivity index (χ2v) is 9.83. The Hall–Kier alpha value is -4.71. The number of fused-ring (bicyclic) bond motifs is 1. The van der Waals surface area contributed by atoms with Crippen LogP contribution in [0.15, 0.2) is 72.9 Å². The third-order valence-corrected chi connectivity index (χ3v) is 5.66. The van der Waals surface area contributed by atoms with Gasteiger partial charge in [0.05, 0.1) is 23.2 Å². The summed E-state index contributed by atoms with van der Waals surface area (Å²) in [6, 6.07) is 20.7. The number of nitrogens with one attached hydrogen (secondary N) is 3. The minimum atomic E-state index is -0.694. The molecular weight excluding hydrogens is 483 g/mol. The zero-order valence-corrected chi connectivity index (χ0v) is 21.6. The van der Waals surface area contributed by atoms with Crippen LogP contribution >= 0.6 is 0 Å². The predicted molar refractivity (Wildman–Crippen MR) is 146 cm³/mol. The van der Waals surface area contributed by atoms with Gasteiger partial charge in [0.25, 0.3) is 0 Å². The van der Waals surface area contributed by atoms with Crippen LogP contribution in [-0.2, 0) is 4.74 Å². The van der Waals surface area contributed by atoms with Crippen LogP contribution < -0.4 is 16.0 Å². The van der Waals surface area contributed by atoms with E-state index in [1.807, 2.05) is 66.7 Å². The molecule has 194 valence electrons. The highest BCUT2D eigenvalue weighted by Crippen LogP contribution is 2.29. The van der Waals surface area contributed by atoms with Gasteiger partial charge in [-0.05, 0) is 63.6 Å². The van der Waals surface area contributed by atoms with Crippen LogP contribution in [0.5, 0.6) is 0 Å². The molecule has 0 unspecified atom stereocenters. The molecule has 38 heavy (non-hydrogen) atoms. The average molecular weight is 513 g/mol. The highest BCUT2D eigenvalue weighted by molar-refractivity contribution is 5.83. The van der Waals surface area contributed by atoms with Crippen molar-refractivity contribution in [2.24, 2.45) is 0 Å². The van der Waals surface area contributed by atoms with Crippen LogP contribution in [0.2, 0.25) is 0 Å². The fourth-order valence-corrected chi connectivity index (χ4v) is 3.94. The Morgan fingerprint density at radius 3 is 2.53 bits per heavy atom. The molecule has 3 N–H and O–H groups in total. The summed E-state index contributed by atoms with van der Waals surface area (Å²) in [5, 5.41) is 19.6. The quantitative estimate of drug-likeness (QED) is 0.261. The summed E-state index contributed by atoms with van der Waals surface area (Å²) < 4.78 is 20.6. The van der Waals surface area contributed by atoms with Gasteiger partial charge in [-0.3, -0.25) is 4.98 Å². The van der Waals surface area contributed by atoms with E-state index in [0.29, 0.717) is 5.69 Å². The van der Waals surface area contributed by atoms with E-state index in [4.69, 9.17) is 4.74 Å². The molecule has 2 aromatic carbocycles. The van der Waals surface area contributed by atoms with Crippen LogP contribution in [0.3, 0.4) is 0 Å². The number of aromatic nitrogens is 2. The maximum absolute atomic E-state index is 15.2. The van der Waals surface area contributed by atoms with Gasteiger partial charge in [0, 0.05) is 17.3 Å². The Labute approximate surface area is 220 Å². The lowest BCUT2D eigenvalue weighted by Gasteiger charge is -2.28. The number of benzene rings is 2. The monoisotopic (exact) mass is 512 g/mol. The van der Waals surface area contributed by atoms with Gasteiger partial charge >= 0.3 is 6.09 Å². The first-order valence-corrected chi connectivity index (χ1v) is 12.2. The highest BCUT2D eigenvalue weighted by atomic mass is 19.1. The van der Waals surface area contributed by atoms with Crippen molar-refractivity contribution in [2.75, 3.05) is 10.6 Å². The van der Waals surface area contributed by atoms with Crippen molar-refractivity contribution < 1.29 is 13.9 Å². The van der Waals surface area contributed by atoms with Gasteiger partial charge in [-0.1, -0.05) is 36.4 Å². The lowest BCUT2D eigenvalue weighted by molar-refractivity contribution is 0.0503. The van der Waals surface area contributed by atoms with E-state index in [0.717, 1.165) is 22.5 Å². The Kier molecular flexibility index (Phi) is 7.72. The molecule has 0 aliphatic rings. The second-order valence-electron chi connectivity index (χ2n) is 9.83. The molecule has 0 bridgehead atoms. The largest absolute Gasteiger partial charge is 0.444 e. The molecule has 0 radical (unpaired) electrons. The minimum absolute atomic E-state index is 0.0514. The SMILES string of the molecule is C[C@H](NC(=O)OC(C)(C)C)[C@H](Nc1nc(Nc2ccc3ncccc3c2)c(C#N)cc1F)c1ccccc1. The lowest BCUT2D eigenvalue weighted by atomic mass is 10.0. The first-order valence-electron chi connectivity index (χ1n) is 12.2. The first-order chi connectivity index (χ1) is 18.1. The first kappa shape index (κ1) is 26.4. The van der Waals surface area contributed by atoms with Crippen molar-refractivity contribution in [3.05, 3.63) is 89.9 Å². The van der Waals surface area contributed by atoms with Crippen molar-refractivity contribution in [2.45, 2.75) is 45.4 Å². The summed E-state index contributed by atoms with van der Waals surface area (Å²) in [6.45, 7) is 7.13. The summed E-state index contributed by atoms with van der Waals surface area (Å²) in [6.07, 6.45) is 1.12. The zero-order valence-electron chi connectivity index (χ0n) is 21.6. The number of nitriles is 1. The van der Waals surface area contributed by atoms with Gasteiger partial charge in [-0.15, -0.1) is 0 Å². The Bertz CT molecular complexity index is 1480. The molecular formula is C29H29FN6O2. The molecule has 1 amide bonds. The van der Waals surface area contributed by atoms with Crippen molar-refractivity contribution in [1.82, 2.24) is 15.3 Å². The highest BCUT2D eigenvalue weighted by Gasteiger charge is 2.26. The predicted octanol–water partition coefficient (Wildman–Crippen LogP) is 6.45. The molecule has 0 aliphatic heterocycles. The molecule has 2 atom stereocenters. The van der Waals surface area contributed by atoms with Crippen LogP contribution in [0.4, 0.5) is 26.5 Å². The third kappa shape index (κ3) is 6.53. The number of amides is 1. The second kappa shape index (κ2) is 11.1. The van der Waals surface area contributed by atoms with Crippen molar-refractivity contribution in [3.63, 3.8) is 0 Å². The molecule has 0 saturated carbocycles. The summed E-state index contributed by atoms with van der Waals surface area (Å²) in [7, 11) is 0. The zero-order chi connectivity index (χ0) is 27.3. The topological polar surface area (TPSA) is 112 Å². The van der Waals surface area contributed by atoms with Crippen molar-refractivity contribution in [1.29, 1.82) is 5.26 Å². The molecule has 4 rings (SSSR count). The van der Waals surface area contributed by atoms with Crippen LogP contribution in [0, 0.1) is 17.1 Å². The summed E-state index contributed by atoms with van der Waals surface area (Å²) in [5.74, 6) is -0.569. The molecule has 0 spiro atoms. The van der Waals surface area contributed by atoms with Crippen molar-refractivity contribution >= 4 is 34.3 Å². The van der Waals surface area contributed by atoms with E-state index in [9.17, 15) is 10.1 Å². The molecule has 2 aromatic heterocycles. The molecule has 0 aliphatic carbocycles. The number of halogens is 1. The number of alkyl carbamates (subject to hydrolysis) is 1. The van der Waals surface area contributed by atoms with Crippen LogP contribution in [0.1, 0.15) is 44.9 Å². The van der Waals surface area contributed by atoms with E-state index in [2.05, 4.69) is 25.9 Å². The normalized spacial score (nSPS) is 12.7. The van der Waals surface area contributed by atoms with Gasteiger partial charge < -0.3 is 20.7 Å². The standard InChI is InChI=1S/C29H29FN6O2/c1-18(33-28(37)38-29(2,3)4)25(19-9-6-5-7-10-19)35-27-23(30)16-21(17-31)26(36-27)34-22-12-13-24-20(15-22)11-8-14-32-24/h5-16,18,25H,1-4H3,(H,33,37)(H2,34,35,36)/t18-,25-/m0/s1. The molecule has 8 nitrogen and oxygen atoms in total. The third-order valence-electron chi connectivity index (χ3n) is 5.66. The van der Waals surface area contributed by atoms with Gasteiger partial charge in [0.15, 0.2) is 17.5 Å². The van der Waals surface area contributed by atoms with Crippen LogP contribution in [0.25, 0.3) is 10.9 Å². The summed E-state index contributed by atoms with van der Waals surface area (Å²) in [4.78, 5) is 21.2. The number of carbonyl (C=O) groups is 1. The fraction of sp³-hybridized carbons (Fsp3) is 0.241. The van der Waals surface area contributed by atoms with E-state index in [1.54, 1.807) is 33.9 Å². The van der Waals surface area contributed by atoms with Gasteiger partial charge in [-0.25, -0.2) is 14.2 Å². The van der Waals surface area contributed by atoms with E-state index < -0.39 is 29.6 Å². The van der Waals surface area contributed by atoms with E-state index in [-0.39, 0.29) is 17.2 Å². The fourth-order valence-electron chi connectivity index (χ4n) is 3.94. The summed E-state index contributed by atoms with van der Waals surface area (Å²) >= 11 is 0. The molecule has 0 saturated heterocycles. The number of carbonyl (C=O) groups excluding carboxylic acids is 1. The maximum atomic E-state index is 15.2. The maximum Gasteiger partial charge on any atom is 0.407 e. The number of rotatable bonds is 7. The molecule has 9 heteroatoms. The van der Waals surface area contributed by atoms with Crippen molar-refractivity contribution in [3.8, 4) is 6.07 Å². The van der Waals surface area contributed by atoms with E-state index >= 15 is 4.39 Å². The van der Waals surface area contributed by atoms with Gasteiger partial charge in [0.2, 0.25) is 0 Å². The van der Waals surface area contributed by atoms with Gasteiger partial charge in [0.1, 0.15) is 11.7 Å². The molecule has 4 aromatic rings. The molecule has 0 fully saturated rings. The number of nitrogens with zero attached hydrogens (tertiary/aromatic N) is 3. The number of anilines is 3. The molecule has 2 heterocycles. The summed E-state index contributed by atoms with van der Waals surface area (Å²) in [5.41, 5.74) is 1.69. The Morgan fingerprint density at radius 2 is 1.82 bits per heavy atom. The Balaban J connectivity index is 1.64. The number of hydrogen-bond acceptors (Lipinski definition) is 7. The van der Waals surface area contributed by atoms with Gasteiger partial charge in [-0.2, -0.15) is 5.26 Å². The number of pyridine rings is 2. The number of ether oxygens (including phenoxy) is 1. The van der Waals surface area contributed by atoms with Crippen LogP contribution in [-0.4, -0.2) is 27.7 Å². The Morgan fingerprint density at radius 1 is 1.05 bits per heavy atom. The lowest BCUT2D eigenvalue weighted by Crippen LogP contribution is -2.42. The number of hydrogen-bond donors (Lipinski definition) is 3. The van der Waals surface area contributed by atoms with E-state index in [1.165, 1.54) is 0 Å². The smallest absolute Gasteiger partial charge is 0.407 e.